The van der Waals surface area contributed by atoms with Crippen molar-refractivity contribution < 1.29 is 33.7 Å². The highest BCUT2D eigenvalue weighted by atomic mass is 16.7. The molecule has 3 atom stereocenters. The lowest BCUT2D eigenvalue weighted by Crippen LogP contribution is -2.48. The van der Waals surface area contributed by atoms with Crippen molar-refractivity contribution in [2.75, 3.05) is 44.2 Å². The molecule has 2 heterocycles. The predicted octanol–water partition coefficient (Wildman–Crippen LogP) is 3.08. The van der Waals surface area contributed by atoms with Gasteiger partial charge in [0.15, 0.2) is 11.5 Å². The van der Waals surface area contributed by atoms with Gasteiger partial charge in [-0.2, -0.15) is 0 Å². The summed E-state index contributed by atoms with van der Waals surface area (Å²) < 4.78 is 17.2. The van der Waals surface area contributed by atoms with Gasteiger partial charge in [0.25, 0.3) is 0 Å². The number of anilines is 2. The Hall–Kier alpha value is -3.99. The van der Waals surface area contributed by atoms with Gasteiger partial charge in [-0.05, 0) is 50.1 Å². The van der Waals surface area contributed by atoms with Crippen molar-refractivity contribution in [3.8, 4) is 17.2 Å². The van der Waals surface area contributed by atoms with Gasteiger partial charge in [-0.3, -0.25) is 9.59 Å². The van der Waals surface area contributed by atoms with Crippen LogP contribution in [0.4, 0.5) is 16.2 Å². The number of amides is 4. The molecule has 2 aliphatic heterocycles. The first-order chi connectivity index (χ1) is 19.2. The van der Waals surface area contributed by atoms with E-state index < -0.39 is 6.10 Å². The molecule has 3 aliphatic rings. The second-order valence-electron chi connectivity index (χ2n) is 10.9. The first-order valence-corrected chi connectivity index (χ1v) is 13.6. The molecule has 1 aliphatic carbocycles. The van der Waals surface area contributed by atoms with Gasteiger partial charge in [0.1, 0.15) is 11.9 Å². The number of hydrogen-bond donors (Lipinski definition) is 3. The quantitative estimate of drug-likeness (QED) is 0.481. The number of aliphatic hydroxyl groups excluding tert-OH is 1. The number of rotatable bonds is 7. The minimum Gasteiger partial charge on any atom is -0.488 e. The summed E-state index contributed by atoms with van der Waals surface area (Å²) in [7, 11) is 1.68. The molecule has 0 radical (unpaired) electrons. The Labute approximate surface area is 233 Å². The molecule has 11 nitrogen and oxygen atoms in total. The van der Waals surface area contributed by atoms with Crippen LogP contribution >= 0.6 is 0 Å². The van der Waals surface area contributed by atoms with Crippen molar-refractivity contribution >= 4 is 29.2 Å². The third-order valence-corrected chi connectivity index (χ3v) is 7.56. The third-order valence-electron chi connectivity index (χ3n) is 7.56. The standard InChI is InChI=1S/C29H36N4O7/c1-17-13-33(18(2)15-34)27(35)11-20-10-21(30-28(36)19-4-5-19)6-8-23(20)40-26(17)14-32(3)29(37)31-22-7-9-24-25(12-22)39-16-38-24/h6-10,12,17-19,26,34H,4-5,11,13-16H2,1-3H3,(H,30,36)(H,31,37)/t17-,18+,26+/m0/s1. The minimum absolute atomic E-state index is 0.0209. The average molecular weight is 553 g/mol. The van der Waals surface area contributed by atoms with Crippen LogP contribution < -0.4 is 24.8 Å². The monoisotopic (exact) mass is 552 g/mol. The summed E-state index contributed by atoms with van der Waals surface area (Å²) in [4.78, 5) is 42.0. The van der Waals surface area contributed by atoms with E-state index in [-0.39, 0.29) is 62.1 Å². The number of urea groups is 1. The molecule has 3 N–H and O–H groups in total. The van der Waals surface area contributed by atoms with Crippen LogP contribution in [0, 0.1) is 11.8 Å². The van der Waals surface area contributed by atoms with Crippen molar-refractivity contribution in [3.05, 3.63) is 42.0 Å². The number of carbonyl (C=O) groups excluding carboxylic acids is 3. The largest absolute Gasteiger partial charge is 0.488 e. The molecule has 4 amide bonds. The van der Waals surface area contributed by atoms with E-state index in [2.05, 4.69) is 10.6 Å². The molecule has 2 aromatic rings. The Kier molecular flexibility index (Phi) is 8.02. The highest BCUT2D eigenvalue weighted by molar-refractivity contribution is 5.94. The molecule has 214 valence electrons. The SMILES string of the molecule is C[C@H](CO)N1C[C@H](C)[C@@H](CN(C)C(=O)Nc2ccc3c(c2)OCO3)Oc2ccc(NC(=O)C3CC3)cc2CC1=O. The summed E-state index contributed by atoms with van der Waals surface area (Å²) in [5.74, 6) is 1.45. The Morgan fingerprint density at radius 2 is 1.77 bits per heavy atom. The summed E-state index contributed by atoms with van der Waals surface area (Å²) in [5, 5.41) is 15.7. The van der Waals surface area contributed by atoms with Crippen molar-refractivity contribution in [2.24, 2.45) is 11.8 Å². The van der Waals surface area contributed by atoms with Crippen molar-refractivity contribution in [1.29, 1.82) is 0 Å². The first-order valence-electron chi connectivity index (χ1n) is 13.6. The third kappa shape index (κ3) is 6.25. The zero-order chi connectivity index (χ0) is 28.4. The fourth-order valence-electron chi connectivity index (χ4n) is 4.86. The van der Waals surface area contributed by atoms with E-state index in [1.807, 2.05) is 6.92 Å². The summed E-state index contributed by atoms with van der Waals surface area (Å²) in [5.41, 5.74) is 1.82. The van der Waals surface area contributed by atoms with Crippen LogP contribution in [-0.2, 0) is 16.0 Å². The van der Waals surface area contributed by atoms with Crippen molar-refractivity contribution in [1.82, 2.24) is 9.80 Å². The lowest BCUT2D eigenvalue weighted by Gasteiger charge is -2.34. The van der Waals surface area contributed by atoms with E-state index in [4.69, 9.17) is 14.2 Å². The van der Waals surface area contributed by atoms with Gasteiger partial charge in [-0.15, -0.1) is 0 Å². The minimum atomic E-state index is -0.461. The zero-order valence-corrected chi connectivity index (χ0v) is 23.0. The van der Waals surface area contributed by atoms with E-state index in [1.54, 1.807) is 55.3 Å². The number of nitrogens with one attached hydrogen (secondary N) is 2. The summed E-state index contributed by atoms with van der Waals surface area (Å²) in [6.45, 7) is 4.33. The zero-order valence-electron chi connectivity index (χ0n) is 23.0. The van der Waals surface area contributed by atoms with Crippen molar-refractivity contribution in [2.45, 2.75) is 45.3 Å². The molecule has 0 bridgehead atoms. The molecular formula is C29H36N4O7. The summed E-state index contributed by atoms with van der Waals surface area (Å²) in [6.07, 6.45) is 1.38. The molecule has 0 saturated heterocycles. The van der Waals surface area contributed by atoms with E-state index in [9.17, 15) is 19.5 Å². The molecular weight excluding hydrogens is 516 g/mol. The maximum absolute atomic E-state index is 13.4. The fourth-order valence-corrected chi connectivity index (χ4v) is 4.86. The smallest absolute Gasteiger partial charge is 0.321 e. The van der Waals surface area contributed by atoms with Crippen LogP contribution in [0.3, 0.4) is 0 Å². The van der Waals surface area contributed by atoms with Crippen LogP contribution in [0.15, 0.2) is 36.4 Å². The van der Waals surface area contributed by atoms with E-state index in [0.717, 1.165) is 12.8 Å². The molecule has 1 fully saturated rings. The van der Waals surface area contributed by atoms with Gasteiger partial charge in [-0.25, -0.2) is 4.79 Å². The lowest BCUT2D eigenvalue weighted by atomic mass is 10.0. The molecule has 11 heteroatoms. The highest BCUT2D eigenvalue weighted by Gasteiger charge is 2.33. The summed E-state index contributed by atoms with van der Waals surface area (Å²) in [6, 6.07) is 9.80. The first kappa shape index (κ1) is 27.6. The molecule has 0 unspecified atom stereocenters. The molecule has 2 aromatic carbocycles. The van der Waals surface area contributed by atoms with E-state index in [1.165, 1.54) is 4.90 Å². The Balaban J connectivity index is 1.35. The predicted molar refractivity (Wildman–Crippen MR) is 148 cm³/mol. The van der Waals surface area contributed by atoms with Crippen LogP contribution in [0.1, 0.15) is 32.3 Å². The second-order valence-corrected chi connectivity index (χ2v) is 10.9. The Morgan fingerprint density at radius 3 is 2.50 bits per heavy atom. The number of nitrogens with zero attached hydrogens (tertiary/aromatic N) is 2. The number of ether oxygens (including phenoxy) is 3. The van der Waals surface area contributed by atoms with Gasteiger partial charge in [-0.1, -0.05) is 6.92 Å². The molecule has 1 saturated carbocycles. The van der Waals surface area contributed by atoms with Gasteiger partial charge >= 0.3 is 6.03 Å². The van der Waals surface area contributed by atoms with Crippen LogP contribution in [0.25, 0.3) is 0 Å². The van der Waals surface area contributed by atoms with Crippen molar-refractivity contribution in [3.63, 3.8) is 0 Å². The summed E-state index contributed by atoms with van der Waals surface area (Å²) >= 11 is 0. The van der Waals surface area contributed by atoms with E-state index in [0.29, 0.717) is 40.7 Å². The number of carbonyl (C=O) groups is 3. The second kappa shape index (κ2) is 11.6. The molecule has 0 aromatic heterocycles. The van der Waals surface area contributed by atoms with Gasteiger partial charge < -0.3 is 39.8 Å². The van der Waals surface area contributed by atoms with Crippen LogP contribution in [-0.4, -0.2) is 78.4 Å². The average Bonchev–Trinajstić information content (AvgIpc) is 3.68. The molecule has 40 heavy (non-hydrogen) atoms. The number of benzene rings is 2. The maximum atomic E-state index is 13.4. The Morgan fingerprint density at radius 1 is 1.07 bits per heavy atom. The maximum Gasteiger partial charge on any atom is 0.321 e. The molecule has 5 rings (SSSR count). The van der Waals surface area contributed by atoms with Gasteiger partial charge in [0, 0.05) is 48.4 Å². The highest BCUT2D eigenvalue weighted by Crippen LogP contribution is 2.35. The topological polar surface area (TPSA) is 130 Å². The number of aliphatic hydroxyl groups is 1. The number of hydrogen-bond acceptors (Lipinski definition) is 7. The van der Waals surface area contributed by atoms with E-state index >= 15 is 0 Å². The Bertz CT molecular complexity index is 1280. The van der Waals surface area contributed by atoms with Crippen LogP contribution in [0.5, 0.6) is 17.2 Å². The number of fused-ring (bicyclic) bond motifs is 2. The van der Waals surface area contributed by atoms with Gasteiger partial charge in [0.2, 0.25) is 18.6 Å². The normalized spacial score (nSPS) is 20.8. The van der Waals surface area contributed by atoms with Gasteiger partial charge in [0.05, 0.1) is 25.6 Å². The van der Waals surface area contributed by atoms with Crippen LogP contribution in [0.2, 0.25) is 0 Å². The molecule has 0 spiro atoms. The number of likely N-dealkylation sites (N-methyl/N-ethyl adjacent to an activating group) is 1. The lowest BCUT2D eigenvalue weighted by molar-refractivity contribution is -0.134. The fraction of sp³-hybridized carbons (Fsp3) is 0.483.